The van der Waals surface area contributed by atoms with Crippen molar-refractivity contribution in [2.45, 2.75) is 37.1 Å². The van der Waals surface area contributed by atoms with E-state index in [1.54, 1.807) is 0 Å². The number of halogens is 2. The molecule has 1 aliphatic carbocycles. The molecular formula is C12H16F2N2O2S. The summed E-state index contributed by atoms with van der Waals surface area (Å²) in [6, 6.07) is 1.50. The lowest BCUT2D eigenvalue weighted by molar-refractivity contribution is 0.483. The van der Waals surface area contributed by atoms with Crippen LogP contribution in [-0.2, 0) is 10.0 Å². The first kappa shape index (κ1) is 14.2. The molecule has 0 amide bonds. The molecule has 1 fully saturated rings. The lowest BCUT2D eigenvalue weighted by Gasteiger charge is -2.08. The summed E-state index contributed by atoms with van der Waals surface area (Å²) in [4.78, 5) is -0.729. The van der Waals surface area contributed by atoms with Gasteiger partial charge in [0.2, 0.25) is 10.0 Å². The molecule has 19 heavy (non-hydrogen) atoms. The van der Waals surface area contributed by atoms with Crippen LogP contribution < -0.4 is 10.5 Å². The van der Waals surface area contributed by atoms with Crippen molar-refractivity contribution in [3.8, 4) is 0 Å². The molecule has 106 valence electrons. The van der Waals surface area contributed by atoms with E-state index in [0.717, 1.165) is 31.4 Å². The van der Waals surface area contributed by atoms with Gasteiger partial charge in [-0.2, -0.15) is 0 Å². The molecule has 2 rings (SSSR count). The van der Waals surface area contributed by atoms with Crippen LogP contribution in [-0.4, -0.2) is 14.5 Å². The molecule has 1 aliphatic rings. The number of nitrogens with two attached hydrogens (primary N) is 1. The molecule has 0 heterocycles. The van der Waals surface area contributed by atoms with Crippen LogP contribution in [0.4, 0.5) is 14.5 Å². The lowest BCUT2D eigenvalue weighted by Crippen LogP contribution is -2.28. The third kappa shape index (κ3) is 3.03. The Morgan fingerprint density at radius 3 is 2.74 bits per heavy atom. The minimum Gasteiger partial charge on any atom is -0.399 e. The van der Waals surface area contributed by atoms with Gasteiger partial charge >= 0.3 is 0 Å². The molecule has 0 aliphatic heterocycles. The maximum atomic E-state index is 13.5. The number of benzene rings is 1. The van der Waals surface area contributed by atoms with Crippen molar-refractivity contribution in [1.29, 1.82) is 0 Å². The van der Waals surface area contributed by atoms with Gasteiger partial charge in [0.25, 0.3) is 0 Å². The minimum absolute atomic E-state index is 0.125. The summed E-state index contributed by atoms with van der Waals surface area (Å²) >= 11 is 0. The zero-order chi connectivity index (χ0) is 14.2. The van der Waals surface area contributed by atoms with Gasteiger partial charge in [0.1, 0.15) is 4.90 Å². The fraction of sp³-hybridized carbons (Fsp3) is 0.500. The highest BCUT2D eigenvalue weighted by atomic mass is 32.2. The molecule has 1 aromatic rings. The Morgan fingerprint density at radius 2 is 2.11 bits per heavy atom. The molecule has 1 aromatic carbocycles. The SMILES string of the molecule is CCCC1CC1NS(=O)(=O)c1cc(N)cc(F)c1F. The third-order valence-electron chi connectivity index (χ3n) is 3.20. The maximum Gasteiger partial charge on any atom is 0.243 e. The second-order valence-corrected chi connectivity index (χ2v) is 6.51. The van der Waals surface area contributed by atoms with Gasteiger partial charge in [-0.15, -0.1) is 0 Å². The van der Waals surface area contributed by atoms with E-state index in [9.17, 15) is 17.2 Å². The van der Waals surface area contributed by atoms with Gasteiger partial charge in [-0.05, 0) is 30.9 Å². The first-order valence-corrected chi connectivity index (χ1v) is 7.60. The fourth-order valence-corrected chi connectivity index (χ4v) is 3.56. The Labute approximate surface area is 111 Å². The van der Waals surface area contributed by atoms with Crippen molar-refractivity contribution in [3.05, 3.63) is 23.8 Å². The van der Waals surface area contributed by atoms with E-state index < -0.39 is 26.6 Å². The summed E-state index contributed by atoms with van der Waals surface area (Å²) in [7, 11) is -4.07. The van der Waals surface area contributed by atoms with E-state index in [2.05, 4.69) is 4.72 Å². The molecule has 0 aromatic heterocycles. The number of rotatable bonds is 5. The van der Waals surface area contributed by atoms with Crippen molar-refractivity contribution < 1.29 is 17.2 Å². The molecule has 4 nitrogen and oxygen atoms in total. The number of hydrogen-bond acceptors (Lipinski definition) is 3. The molecule has 7 heteroatoms. The first-order valence-electron chi connectivity index (χ1n) is 6.12. The summed E-state index contributed by atoms with van der Waals surface area (Å²) in [6.07, 6.45) is 2.62. The van der Waals surface area contributed by atoms with Crippen LogP contribution in [0.25, 0.3) is 0 Å². The van der Waals surface area contributed by atoms with Crippen LogP contribution in [0.5, 0.6) is 0 Å². The van der Waals surface area contributed by atoms with E-state index in [4.69, 9.17) is 5.73 Å². The average molecular weight is 290 g/mol. The molecule has 3 N–H and O–H groups in total. The van der Waals surface area contributed by atoms with Crippen molar-refractivity contribution in [2.24, 2.45) is 5.92 Å². The summed E-state index contributed by atoms with van der Waals surface area (Å²) in [5.41, 5.74) is 5.22. The average Bonchev–Trinajstić information content (AvgIpc) is 3.01. The number of nitrogens with one attached hydrogen (secondary N) is 1. The van der Waals surface area contributed by atoms with E-state index in [1.165, 1.54) is 0 Å². The zero-order valence-electron chi connectivity index (χ0n) is 10.5. The van der Waals surface area contributed by atoms with E-state index in [1.807, 2.05) is 6.92 Å². The van der Waals surface area contributed by atoms with Crippen LogP contribution in [0, 0.1) is 17.6 Å². The molecule has 0 bridgehead atoms. The molecule has 0 saturated heterocycles. The van der Waals surface area contributed by atoms with Gasteiger partial charge < -0.3 is 5.73 Å². The molecule has 2 atom stereocenters. The highest BCUT2D eigenvalue weighted by Gasteiger charge is 2.40. The van der Waals surface area contributed by atoms with Crippen molar-refractivity contribution in [2.75, 3.05) is 5.73 Å². The Hall–Kier alpha value is -1.21. The number of nitrogen functional groups attached to an aromatic ring is 1. The predicted octanol–water partition coefficient (Wildman–Crippen LogP) is 2.01. The maximum absolute atomic E-state index is 13.5. The lowest BCUT2D eigenvalue weighted by atomic mass is 10.2. The minimum atomic E-state index is -4.07. The van der Waals surface area contributed by atoms with Crippen LogP contribution >= 0.6 is 0 Å². The van der Waals surface area contributed by atoms with Gasteiger partial charge in [-0.25, -0.2) is 21.9 Å². The van der Waals surface area contributed by atoms with Crippen molar-refractivity contribution in [1.82, 2.24) is 4.72 Å². The monoisotopic (exact) mass is 290 g/mol. The van der Waals surface area contributed by atoms with Gasteiger partial charge in [0.15, 0.2) is 11.6 Å². The standard InChI is InChI=1S/C12H16F2N2O2S/c1-2-3-7-4-10(7)16-19(17,18)11-6-8(15)5-9(13)12(11)14/h5-7,10,16H,2-4,15H2,1H3. The summed E-state index contributed by atoms with van der Waals surface area (Å²) in [5.74, 6) is -2.37. The predicted molar refractivity (Wildman–Crippen MR) is 67.9 cm³/mol. The fourth-order valence-electron chi connectivity index (χ4n) is 2.12. The van der Waals surface area contributed by atoms with Crippen LogP contribution in [0.1, 0.15) is 26.2 Å². The third-order valence-corrected chi connectivity index (χ3v) is 4.68. The summed E-state index contributed by atoms with van der Waals surface area (Å²) < 4.78 is 53.1. The van der Waals surface area contributed by atoms with Crippen LogP contribution in [0.15, 0.2) is 17.0 Å². The Kier molecular flexibility index (Phi) is 3.78. The van der Waals surface area contributed by atoms with Gasteiger partial charge in [0, 0.05) is 11.7 Å². The van der Waals surface area contributed by atoms with E-state index in [-0.39, 0.29) is 17.6 Å². The second-order valence-electron chi connectivity index (χ2n) is 4.83. The molecule has 2 unspecified atom stereocenters. The Bertz CT molecular complexity index is 590. The smallest absolute Gasteiger partial charge is 0.243 e. The normalized spacial score (nSPS) is 22.5. The van der Waals surface area contributed by atoms with E-state index in [0.29, 0.717) is 0 Å². The largest absolute Gasteiger partial charge is 0.399 e. The van der Waals surface area contributed by atoms with E-state index >= 15 is 0 Å². The topological polar surface area (TPSA) is 72.2 Å². The van der Waals surface area contributed by atoms with Crippen LogP contribution in [0.3, 0.4) is 0 Å². The Morgan fingerprint density at radius 1 is 1.42 bits per heavy atom. The molecule has 0 radical (unpaired) electrons. The Balaban J connectivity index is 2.21. The molecular weight excluding hydrogens is 274 g/mol. The summed E-state index contributed by atoms with van der Waals surface area (Å²) in [6.45, 7) is 2.01. The number of anilines is 1. The van der Waals surface area contributed by atoms with Gasteiger partial charge in [-0.1, -0.05) is 13.3 Å². The second kappa shape index (κ2) is 5.05. The van der Waals surface area contributed by atoms with Gasteiger partial charge in [0.05, 0.1) is 0 Å². The zero-order valence-corrected chi connectivity index (χ0v) is 11.3. The number of hydrogen-bond donors (Lipinski definition) is 2. The van der Waals surface area contributed by atoms with Gasteiger partial charge in [-0.3, -0.25) is 0 Å². The van der Waals surface area contributed by atoms with Crippen molar-refractivity contribution >= 4 is 15.7 Å². The molecule has 1 saturated carbocycles. The molecule has 0 spiro atoms. The highest BCUT2D eigenvalue weighted by Crippen LogP contribution is 2.36. The number of sulfonamides is 1. The first-order chi connectivity index (χ1) is 8.85. The van der Waals surface area contributed by atoms with Crippen LogP contribution in [0.2, 0.25) is 0 Å². The summed E-state index contributed by atoms with van der Waals surface area (Å²) in [5, 5.41) is 0. The van der Waals surface area contributed by atoms with Crippen molar-refractivity contribution in [3.63, 3.8) is 0 Å². The highest BCUT2D eigenvalue weighted by molar-refractivity contribution is 7.89. The quantitative estimate of drug-likeness (QED) is 0.815.